The number of rotatable bonds is 7. The molecule has 1 aromatic carbocycles. The van der Waals surface area contributed by atoms with Crippen LogP contribution in [0.5, 0.6) is 0 Å². The van der Waals surface area contributed by atoms with Crippen LogP contribution in [0.15, 0.2) is 29.3 Å². The third-order valence-corrected chi connectivity index (χ3v) is 4.29. The smallest absolute Gasteiger partial charge is 0.0910 e. The number of benzene rings is 1. The van der Waals surface area contributed by atoms with Gasteiger partial charge in [-0.3, -0.25) is 4.98 Å². The summed E-state index contributed by atoms with van der Waals surface area (Å²) in [6.07, 6.45) is 4.50. The van der Waals surface area contributed by atoms with E-state index in [0.717, 1.165) is 46.9 Å². The summed E-state index contributed by atoms with van der Waals surface area (Å²) in [6, 6.07) is 8.38. The van der Waals surface area contributed by atoms with Gasteiger partial charge in [-0.25, -0.2) is 4.99 Å². The molecule has 1 aliphatic carbocycles. The molecule has 0 bridgehead atoms. The molecule has 1 saturated carbocycles. The lowest BCUT2D eigenvalue weighted by Gasteiger charge is -2.11. The molecule has 1 heterocycles. The lowest BCUT2D eigenvalue weighted by Crippen LogP contribution is -2.14. The van der Waals surface area contributed by atoms with E-state index >= 15 is 0 Å². The van der Waals surface area contributed by atoms with Crippen LogP contribution >= 0.6 is 0 Å². The van der Waals surface area contributed by atoms with Gasteiger partial charge in [0.05, 0.1) is 29.8 Å². The molecule has 4 heteroatoms. The monoisotopic (exact) mass is 311 g/mol. The molecule has 4 nitrogen and oxygen atoms in total. The maximum absolute atomic E-state index is 5.84. The highest BCUT2D eigenvalue weighted by Gasteiger charge is 2.21. The zero-order valence-corrected chi connectivity index (χ0v) is 14.2. The number of hydrogen-bond donors (Lipinski definition) is 0. The molecule has 0 unspecified atom stereocenters. The van der Waals surface area contributed by atoms with Gasteiger partial charge in [0.25, 0.3) is 0 Å². The highest BCUT2D eigenvalue weighted by molar-refractivity contribution is 5.85. The van der Waals surface area contributed by atoms with E-state index < -0.39 is 0 Å². The van der Waals surface area contributed by atoms with Crippen LogP contribution in [0.4, 0.5) is 5.69 Å². The van der Waals surface area contributed by atoms with Crippen molar-refractivity contribution in [1.29, 1.82) is 0 Å². The van der Waals surface area contributed by atoms with E-state index in [9.17, 15) is 0 Å². The quantitative estimate of drug-likeness (QED) is 0.571. The Morgan fingerprint density at radius 1 is 1.39 bits per heavy atom. The largest absolute Gasteiger partial charge is 0.376 e. The van der Waals surface area contributed by atoms with Gasteiger partial charge in [0, 0.05) is 31.1 Å². The van der Waals surface area contributed by atoms with Crippen molar-refractivity contribution in [3.63, 3.8) is 0 Å². The van der Waals surface area contributed by atoms with Crippen LogP contribution in [-0.4, -0.2) is 36.4 Å². The van der Waals surface area contributed by atoms with E-state index in [1.54, 1.807) is 0 Å². The van der Waals surface area contributed by atoms with Gasteiger partial charge in [-0.1, -0.05) is 18.2 Å². The van der Waals surface area contributed by atoms with E-state index in [4.69, 9.17) is 9.72 Å². The van der Waals surface area contributed by atoms with Gasteiger partial charge in [0.15, 0.2) is 0 Å². The molecule has 0 saturated heterocycles. The van der Waals surface area contributed by atoms with Crippen LogP contribution < -0.4 is 0 Å². The second kappa shape index (κ2) is 7.09. The van der Waals surface area contributed by atoms with E-state index in [1.807, 2.05) is 25.2 Å². The second-order valence-electron chi connectivity index (χ2n) is 6.36. The van der Waals surface area contributed by atoms with Crippen molar-refractivity contribution in [2.75, 3.05) is 20.2 Å². The van der Waals surface area contributed by atoms with Gasteiger partial charge in [0.2, 0.25) is 0 Å². The van der Waals surface area contributed by atoms with Crippen molar-refractivity contribution < 1.29 is 4.74 Å². The Morgan fingerprint density at radius 3 is 2.96 bits per heavy atom. The zero-order valence-electron chi connectivity index (χ0n) is 14.2. The lowest BCUT2D eigenvalue weighted by atomic mass is 10.1. The zero-order chi connectivity index (χ0) is 16.2. The van der Waals surface area contributed by atoms with Crippen LogP contribution in [-0.2, 0) is 11.3 Å². The van der Waals surface area contributed by atoms with Crippen LogP contribution in [0.3, 0.4) is 0 Å². The first kappa shape index (κ1) is 15.9. The SMILES string of the molecule is CCN(C)/C=N/c1cc2cccc(COCC3CC3)c2nc1C. The molecule has 3 rings (SSSR count). The van der Waals surface area contributed by atoms with E-state index in [2.05, 4.69) is 36.2 Å². The number of aromatic nitrogens is 1. The van der Waals surface area contributed by atoms with Gasteiger partial charge in [0.1, 0.15) is 0 Å². The number of hydrogen-bond acceptors (Lipinski definition) is 3. The summed E-state index contributed by atoms with van der Waals surface area (Å²) >= 11 is 0. The minimum Gasteiger partial charge on any atom is -0.376 e. The summed E-state index contributed by atoms with van der Waals surface area (Å²) < 4.78 is 5.84. The summed E-state index contributed by atoms with van der Waals surface area (Å²) in [6.45, 7) is 6.57. The summed E-state index contributed by atoms with van der Waals surface area (Å²) in [5.74, 6) is 0.788. The minimum absolute atomic E-state index is 0.640. The van der Waals surface area contributed by atoms with Crippen molar-refractivity contribution in [2.24, 2.45) is 10.9 Å². The van der Waals surface area contributed by atoms with Crippen molar-refractivity contribution in [3.8, 4) is 0 Å². The molecule has 0 amide bonds. The fourth-order valence-corrected chi connectivity index (χ4v) is 2.45. The number of ether oxygens (including phenoxy) is 1. The Hall–Kier alpha value is -1.94. The Labute approximate surface area is 138 Å². The predicted octanol–water partition coefficient (Wildman–Crippen LogP) is 4.08. The molecule has 0 N–H and O–H groups in total. The first-order valence-corrected chi connectivity index (χ1v) is 8.38. The highest BCUT2D eigenvalue weighted by Crippen LogP contribution is 2.30. The fraction of sp³-hybridized carbons (Fsp3) is 0.474. The Balaban J connectivity index is 1.83. The Morgan fingerprint density at radius 2 is 2.22 bits per heavy atom. The molecule has 1 fully saturated rings. The molecule has 1 aliphatic rings. The lowest BCUT2D eigenvalue weighted by molar-refractivity contribution is 0.112. The number of para-hydroxylation sites is 1. The highest BCUT2D eigenvalue weighted by atomic mass is 16.5. The van der Waals surface area contributed by atoms with E-state index in [-0.39, 0.29) is 0 Å². The number of fused-ring (bicyclic) bond motifs is 1. The molecular weight excluding hydrogens is 286 g/mol. The number of pyridine rings is 1. The van der Waals surface area contributed by atoms with E-state index in [1.165, 1.54) is 12.8 Å². The molecule has 0 radical (unpaired) electrons. The third kappa shape index (κ3) is 4.08. The Kier molecular flexibility index (Phi) is 4.91. The minimum atomic E-state index is 0.640. The van der Waals surface area contributed by atoms with Crippen molar-refractivity contribution in [1.82, 2.24) is 9.88 Å². The average molecular weight is 311 g/mol. The normalized spacial score (nSPS) is 14.7. The summed E-state index contributed by atoms with van der Waals surface area (Å²) in [7, 11) is 2.02. The molecule has 1 aromatic heterocycles. The van der Waals surface area contributed by atoms with E-state index in [0.29, 0.717) is 6.61 Å². The molecule has 23 heavy (non-hydrogen) atoms. The molecule has 122 valence electrons. The van der Waals surface area contributed by atoms with Crippen molar-refractivity contribution in [3.05, 3.63) is 35.5 Å². The summed E-state index contributed by atoms with van der Waals surface area (Å²) in [4.78, 5) is 11.4. The summed E-state index contributed by atoms with van der Waals surface area (Å²) in [5, 5.41) is 1.12. The number of aryl methyl sites for hydroxylation is 1. The van der Waals surface area contributed by atoms with Gasteiger partial charge in [-0.2, -0.15) is 0 Å². The van der Waals surface area contributed by atoms with Crippen LogP contribution in [0.25, 0.3) is 10.9 Å². The van der Waals surface area contributed by atoms with Gasteiger partial charge in [-0.05, 0) is 38.7 Å². The van der Waals surface area contributed by atoms with Crippen molar-refractivity contribution in [2.45, 2.75) is 33.3 Å². The fourth-order valence-electron chi connectivity index (χ4n) is 2.45. The van der Waals surface area contributed by atoms with Crippen molar-refractivity contribution >= 4 is 22.9 Å². The predicted molar refractivity (Wildman–Crippen MR) is 95.3 cm³/mol. The molecule has 0 aliphatic heterocycles. The maximum Gasteiger partial charge on any atom is 0.0910 e. The van der Waals surface area contributed by atoms with Gasteiger partial charge >= 0.3 is 0 Å². The Bertz CT molecular complexity index is 707. The van der Waals surface area contributed by atoms with Gasteiger partial charge in [-0.15, -0.1) is 0 Å². The third-order valence-electron chi connectivity index (χ3n) is 4.29. The molecular formula is C19H25N3O. The second-order valence-corrected chi connectivity index (χ2v) is 6.36. The maximum atomic E-state index is 5.84. The van der Waals surface area contributed by atoms with Crippen LogP contribution in [0.2, 0.25) is 0 Å². The number of nitrogens with zero attached hydrogens (tertiary/aromatic N) is 3. The molecule has 2 aromatic rings. The topological polar surface area (TPSA) is 37.7 Å². The van der Waals surface area contributed by atoms with Crippen LogP contribution in [0.1, 0.15) is 31.0 Å². The molecule has 0 spiro atoms. The van der Waals surface area contributed by atoms with Gasteiger partial charge < -0.3 is 9.64 Å². The first-order chi connectivity index (χ1) is 11.2. The molecule has 0 atom stereocenters. The number of aliphatic imine (C=N–C) groups is 1. The standard InChI is InChI=1S/C19H25N3O/c1-4-22(3)13-20-18-10-16-6-5-7-17(19(16)21-14(18)2)12-23-11-15-8-9-15/h5-7,10,13,15H,4,8-9,11-12H2,1-3H3/b20-13+. The van der Waals surface area contributed by atoms with Crippen LogP contribution in [0, 0.1) is 12.8 Å². The average Bonchev–Trinajstić information content (AvgIpc) is 3.37. The summed E-state index contributed by atoms with van der Waals surface area (Å²) in [5.41, 5.74) is 4.07. The first-order valence-electron chi connectivity index (χ1n) is 8.38.